The van der Waals surface area contributed by atoms with Gasteiger partial charge in [0.2, 0.25) is 0 Å². The monoisotopic (exact) mass is 309 g/mol. The molecule has 1 heterocycles. The third-order valence-electron chi connectivity index (χ3n) is 4.96. The van der Waals surface area contributed by atoms with Gasteiger partial charge in [0.1, 0.15) is 0 Å². The van der Waals surface area contributed by atoms with Crippen molar-refractivity contribution in [1.29, 1.82) is 0 Å². The highest BCUT2D eigenvalue weighted by Gasteiger charge is 2.29. The predicted molar refractivity (Wildman–Crippen MR) is 91.8 cm³/mol. The van der Waals surface area contributed by atoms with Gasteiger partial charge in [-0.2, -0.15) is 0 Å². The maximum atomic E-state index is 4.36. The minimum Gasteiger partial charge on any atom is -0.317 e. The molecule has 0 amide bonds. The van der Waals surface area contributed by atoms with Crippen molar-refractivity contribution < 1.29 is 0 Å². The van der Waals surface area contributed by atoms with Crippen molar-refractivity contribution >= 4 is 11.3 Å². The second kappa shape index (κ2) is 8.25. The highest BCUT2D eigenvalue weighted by atomic mass is 32.1. The smallest absolute Gasteiger partial charge is 0.0798 e. The zero-order valence-corrected chi connectivity index (χ0v) is 14.9. The Hall–Kier alpha value is -0.450. The predicted octanol–water partition coefficient (Wildman–Crippen LogP) is 3.69. The maximum absolute atomic E-state index is 4.36. The van der Waals surface area contributed by atoms with Crippen LogP contribution in [0.1, 0.15) is 49.6 Å². The maximum Gasteiger partial charge on any atom is 0.0798 e. The second-order valence-corrected chi connectivity index (χ2v) is 7.62. The molecule has 3 nitrogen and oxygen atoms in total. The summed E-state index contributed by atoms with van der Waals surface area (Å²) in [5, 5.41) is 3.56. The molecule has 0 aliphatic heterocycles. The fraction of sp³-hybridized carbons (Fsp3) is 0.824. The van der Waals surface area contributed by atoms with E-state index in [2.05, 4.69) is 43.1 Å². The summed E-state index contributed by atoms with van der Waals surface area (Å²) in [4.78, 5) is 8.27. The van der Waals surface area contributed by atoms with Gasteiger partial charge in [-0.15, -0.1) is 11.3 Å². The normalized spacial score (nSPS) is 26.4. The number of thiazole rings is 1. The fourth-order valence-corrected chi connectivity index (χ4v) is 4.66. The summed E-state index contributed by atoms with van der Waals surface area (Å²) in [5.74, 6) is 1.74. The minimum absolute atomic E-state index is 0.697. The minimum atomic E-state index is 0.697. The van der Waals surface area contributed by atoms with E-state index in [1.165, 1.54) is 49.2 Å². The summed E-state index contributed by atoms with van der Waals surface area (Å²) in [5.41, 5.74) is 3.16. The first-order valence-electron chi connectivity index (χ1n) is 8.38. The molecule has 120 valence electrons. The van der Waals surface area contributed by atoms with Crippen LogP contribution in [-0.4, -0.2) is 36.6 Å². The van der Waals surface area contributed by atoms with E-state index >= 15 is 0 Å². The summed E-state index contributed by atoms with van der Waals surface area (Å²) in [6.45, 7) is 6.68. The van der Waals surface area contributed by atoms with Crippen LogP contribution < -0.4 is 5.32 Å². The van der Waals surface area contributed by atoms with Crippen molar-refractivity contribution in [2.45, 2.75) is 58.5 Å². The van der Waals surface area contributed by atoms with E-state index in [1.807, 2.05) is 5.51 Å². The van der Waals surface area contributed by atoms with E-state index in [0.29, 0.717) is 6.04 Å². The van der Waals surface area contributed by atoms with Crippen LogP contribution >= 0.6 is 11.3 Å². The van der Waals surface area contributed by atoms with Crippen LogP contribution in [0.4, 0.5) is 0 Å². The number of nitrogens with one attached hydrogen (secondary N) is 1. The Morgan fingerprint density at radius 3 is 2.86 bits per heavy atom. The van der Waals surface area contributed by atoms with Crippen LogP contribution in [-0.2, 0) is 6.54 Å². The van der Waals surface area contributed by atoms with E-state index in [0.717, 1.165) is 18.4 Å². The quantitative estimate of drug-likeness (QED) is 0.832. The summed E-state index contributed by atoms with van der Waals surface area (Å²) < 4.78 is 0. The molecule has 1 saturated carbocycles. The SMILES string of the molecule is CCCC1CCC(NC)C(CN(C)Cc2scnc2C)C1. The molecule has 3 unspecified atom stereocenters. The van der Waals surface area contributed by atoms with Gasteiger partial charge < -0.3 is 10.2 Å². The summed E-state index contributed by atoms with van der Waals surface area (Å²) in [6, 6.07) is 0.697. The summed E-state index contributed by atoms with van der Waals surface area (Å²) >= 11 is 1.79. The third kappa shape index (κ3) is 4.76. The molecule has 21 heavy (non-hydrogen) atoms. The van der Waals surface area contributed by atoms with Crippen molar-refractivity contribution in [3.63, 3.8) is 0 Å². The van der Waals surface area contributed by atoms with Crippen molar-refractivity contribution in [2.75, 3.05) is 20.6 Å². The molecule has 1 aliphatic carbocycles. The standard InChI is InChI=1S/C17H31N3S/c1-5-6-14-7-8-16(18-3)15(9-14)10-20(4)11-17-13(2)19-12-21-17/h12,14-16,18H,5-11H2,1-4H3. The molecule has 0 radical (unpaired) electrons. The van der Waals surface area contributed by atoms with Gasteiger partial charge in [-0.3, -0.25) is 0 Å². The van der Waals surface area contributed by atoms with Gasteiger partial charge in [0.25, 0.3) is 0 Å². The van der Waals surface area contributed by atoms with Gasteiger partial charge in [0.15, 0.2) is 0 Å². The van der Waals surface area contributed by atoms with Crippen LogP contribution in [0.3, 0.4) is 0 Å². The summed E-state index contributed by atoms with van der Waals surface area (Å²) in [6.07, 6.45) is 6.89. The van der Waals surface area contributed by atoms with Crippen LogP contribution in [0.25, 0.3) is 0 Å². The van der Waals surface area contributed by atoms with Gasteiger partial charge in [-0.05, 0) is 52.1 Å². The largest absolute Gasteiger partial charge is 0.317 e. The number of aromatic nitrogens is 1. The Labute approximate surface area is 134 Å². The molecule has 1 N–H and O–H groups in total. The van der Waals surface area contributed by atoms with E-state index in [1.54, 1.807) is 11.3 Å². The lowest BCUT2D eigenvalue weighted by molar-refractivity contribution is 0.151. The molecule has 0 aromatic carbocycles. The van der Waals surface area contributed by atoms with E-state index in [4.69, 9.17) is 0 Å². The Balaban J connectivity index is 1.89. The molecule has 1 aromatic heterocycles. The van der Waals surface area contributed by atoms with Crippen molar-refractivity contribution in [3.8, 4) is 0 Å². The lowest BCUT2D eigenvalue weighted by Gasteiger charge is -2.38. The molecule has 2 rings (SSSR count). The molecule has 1 aromatic rings. The molecule has 1 fully saturated rings. The molecular weight excluding hydrogens is 278 g/mol. The highest BCUT2D eigenvalue weighted by Crippen LogP contribution is 2.32. The van der Waals surface area contributed by atoms with Gasteiger partial charge in [0, 0.05) is 24.0 Å². The Morgan fingerprint density at radius 2 is 2.24 bits per heavy atom. The van der Waals surface area contributed by atoms with Crippen LogP contribution in [0.5, 0.6) is 0 Å². The Kier molecular flexibility index (Phi) is 6.65. The highest BCUT2D eigenvalue weighted by molar-refractivity contribution is 7.09. The number of hydrogen-bond donors (Lipinski definition) is 1. The van der Waals surface area contributed by atoms with Crippen molar-refractivity contribution in [1.82, 2.24) is 15.2 Å². The van der Waals surface area contributed by atoms with Crippen LogP contribution in [0.2, 0.25) is 0 Å². The third-order valence-corrected chi connectivity index (χ3v) is 5.88. The molecule has 4 heteroatoms. The summed E-state index contributed by atoms with van der Waals surface area (Å²) in [7, 11) is 4.39. The number of rotatable bonds is 7. The number of nitrogens with zero attached hydrogens (tertiary/aromatic N) is 2. The zero-order chi connectivity index (χ0) is 15.2. The van der Waals surface area contributed by atoms with Crippen molar-refractivity contribution in [3.05, 3.63) is 16.1 Å². The lowest BCUT2D eigenvalue weighted by Crippen LogP contribution is -2.43. The van der Waals surface area contributed by atoms with Crippen molar-refractivity contribution in [2.24, 2.45) is 11.8 Å². The van der Waals surface area contributed by atoms with Gasteiger partial charge in [0.05, 0.1) is 11.2 Å². The lowest BCUT2D eigenvalue weighted by atomic mass is 9.76. The molecular formula is C17H31N3S. The second-order valence-electron chi connectivity index (χ2n) is 6.68. The first-order chi connectivity index (χ1) is 10.1. The first kappa shape index (κ1) is 16.9. The molecule has 0 bridgehead atoms. The number of hydrogen-bond acceptors (Lipinski definition) is 4. The zero-order valence-electron chi connectivity index (χ0n) is 14.1. The van der Waals surface area contributed by atoms with Gasteiger partial charge in [-0.25, -0.2) is 4.98 Å². The molecule has 0 spiro atoms. The van der Waals surface area contributed by atoms with Crippen LogP contribution in [0.15, 0.2) is 5.51 Å². The van der Waals surface area contributed by atoms with Crippen LogP contribution in [0, 0.1) is 18.8 Å². The average molecular weight is 310 g/mol. The molecule has 3 atom stereocenters. The molecule has 0 saturated heterocycles. The topological polar surface area (TPSA) is 28.2 Å². The molecule has 1 aliphatic rings. The van der Waals surface area contributed by atoms with E-state index in [9.17, 15) is 0 Å². The fourth-order valence-electron chi connectivity index (χ4n) is 3.80. The van der Waals surface area contributed by atoms with E-state index in [-0.39, 0.29) is 0 Å². The average Bonchev–Trinajstić information content (AvgIpc) is 2.85. The van der Waals surface area contributed by atoms with Gasteiger partial charge >= 0.3 is 0 Å². The number of aryl methyl sites for hydroxylation is 1. The van der Waals surface area contributed by atoms with E-state index < -0.39 is 0 Å². The Bertz CT molecular complexity index is 418. The Morgan fingerprint density at radius 1 is 1.43 bits per heavy atom. The first-order valence-corrected chi connectivity index (χ1v) is 9.26. The van der Waals surface area contributed by atoms with Gasteiger partial charge in [-0.1, -0.05) is 19.8 Å².